The van der Waals surface area contributed by atoms with Gasteiger partial charge in [-0.25, -0.2) is 4.98 Å². The highest BCUT2D eigenvalue weighted by Crippen LogP contribution is 2.43. The lowest BCUT2D eigenvalue weighted by atomic mass is 10.00. The van der Waals surface area contributed by atoms with Crippen LogP contribution >= 0.6 is 0 Å². The summed E-state index contributed by atoms with van der Waals surface area (Å²) in [5, 5.41) is 1.02. The summed E-state index contributed by atoms with van der Waals surface area (Å²) < 4.78 is 12.1. The van der Waals surface area contributed by atoms with Gasteiger partial charge in [0, 0.05) is 10.9 Å². The van der Waals surface area contributed by atoms with E-state index >= 15 is 0 Å². The van der Waals surface area contributed by atoms with Crippen LogP contribution in [-0.2, 0) is 16.9 Å². The molecule has 0 unspecified atom stereocenters. The Morgan fingerprint density at radius 1 is 1.00 bits per heavy atom. The molecule has 3 nitrogen and oxygen atoms in total. The van der Waals surface area contributed by atoms with Crippen LogP contribution in [0.1, 0.15) is 25.1 Å². The second-order valence-corrected chi connectivity index (χ2v) is 6.00. The molecule has 1 aliphatic heterocycles. The fourth-order valence-corrected chi connectivity index (χ4v) is 2.90. The van der Waals surface area contributed by atoms with Gasteiger partial charge in [0.05, 0.1) is 17.8 Å². The van der Waals surface area contributed by atoms with Gasteiger partial charge >= 0.3 is 0 Å². The fraction of sp³-hybridized carbons (Fsp3) is 0.211. The number of benzene rings is 2. The Kier molecular flexibility index (Phi) is 2.91. The molecular formula is C19H17NO2. The number of ether oxygens (including phenoxy) is 2. The zero-order valence-electron chi connectivity index (χ0n) is 12.7. The molecule has 0 N–H and O–H groups in total. The number of hydrogen-bond donors (Lipinski definition) is 0. The molecule has 0 saturated carbocycles. The van der Waals surface area contributed by atoms with Gasteiger partial charge in [-0.15, -0.1) is 0 Å². The van der Waals surface area contributed by atoms with Crippen LogP contribution in [0.3, 0.4) is 0 Å². The van der Waals surface area contributed by atoms with Gasteiger partial charge < -0.3 is 9.47 Å². The molecule has 3 aromatic rings. The van der Waals surface area contributed by atoms with E-state index in [1.165, 1.54) is 0 Å². The summed E-state index contributed by atoms with van der Waals surface area (Å²) >= 11 is 0. The molecular weight excluding hydrogens is 274 g/mol. The predicted octanol–water partition coefficient (Wildman–Crippen LogP) is 4.79. The first-order valence-electron chi connectivity index (χ1n) is 7.44. The molecule has 2 aromatic carbocycles. The Labute approximate surface area is 129 Å². The monoisotopic (exact) mass is 291 g/mol. The Hall–Kier alpha value is -2.39. The van der Waals surface area contributed by atoms with Gasteiger partial charge in [0.1, 0.15) is 17.1 Å². The fourth-order valence-electron chi connectivity index (χ4n) is 2.90. The van der Waals surface area contributed by atoms with Crippen LogP contribution in [0.15, 0.2) is 54.6 Å². The summed E-state index contributed by atoms with van der Waals surface area (Å²) in [5.74, 6) is 1.68. The normalized spacial score (nSPS) is 15.7. The van der Waals surface area contributed by atoms with Crippen LogP contribution in [0.4, 0.5) is 0 Å². The van der Waals surface area contributed by atoms with Crippen molar-refractivity contribution in [1.82, 2.24) is 4.98 Å². The smallest absolute Gasteiger partial charge is 0.144 e. The van der Waals surface area contributed by atoms with Crippen molar-refractivity contribution in [2.75, 3.05) is 0 Å². The molecule has 1 aliphatic rings. The minimum Gasteiger partial charge on any atom is -0.456 e. The molecule has 0 aliphatic carbocycles. The van der Waals surface area contributed by atoms with Crippen molar-refractivity contribution in [2.24, 2.45) is 0 Å². The van der Waals surface area contributed by atoms with Crippen molar-refractivity contribution >= 4 is 10.9 Å². The maximum absolute atomic E-state index is 6.21. The van der Waals surface area contributed by atoms with Gasteiger partial charge in [0.2, 0.25) is 0 Å². The average molecular weight is 291 g/mol. The third-order valence-corrected chi connectivity index (χ3v) is 4.05. The number of nitrogens with zero attached hydrogens (tertiary/aromatic N) is 1. The van der Waals surface area contributed by atoms with E-state index in [9.17, 15) is 0 Å². The Morgan fingerprint density at radius 2 is 1.73 bits per heavy atom. The minimum absolute atomic E-state index is 0.381. The van der Waals surface area contributed by atoms with Crippen LogP contribution in [0.25, 0.3) is 10.9 Å². The largest absolute Gasteiger partial charge is 0.456 e. The lowest BCUT2D eigenvalue weighted by Gasteiger charge is -2.18. The first kappa shape index (κ1) is 13.3. The van der Waals surface area contributed by atoms with Crippen LogP contribution in [0.5, 0.6) is 11.5 Å². The lowest BCUT2D eigenvalue weighted by molar-refractivity contribution is -0.0101. The first-order chi connectivity index (χ1) is 10.6. The highest BCUT2D eigenvalue weighted by Gasteiger charge is 2.36. The summed E-state index contributed by atoms with van der Waals surface area (Å²) in [4.78, 5) is 4.81. The Bertz CT molecular complexity index is 841. The zero-order valence-corrected chi connectivity index (χ0v) is 12.7. The number of rotatable bonds is 2. The van der Waals surface area contributed by atoms with Crippen molar-refractivity contribution in [1.29, 1.82) is 0 Å². The third kappa shape index (κ3) is 2.06. The number of para-hydroxylation sites is 2. The van der Waals surface area contributed by atoms with Gasteiger partial charge in [-0.3, -0.25) is 0 Å². The van der Waals surface area contributed by atoms with Crippen molar-refractivity contribution in [2.45, 2.75) is 26.1 Å². The van der Waals surface area contributed by atoms with E-state index in [1.807, 2.05) is 68.4 Å². The molecule has 0 amide bonds. The molecule has 2 heterocycles. The number of hydrogen-bond acceptors (Lipinski definition) is 3. The number of pyridine rings is 1. The van der Waals surface area contributed by atoms with E-state index in [2.05, 4.69) is 0 Å². The van der Waals surface area contributed by atoms with Gasteiger partial charge in [-0.2, -0.15) is 0 Å². The highest BCUT2D eigenvalue weighted by atomic mass is 16.5. The molecule has 1 aromatic heterocycles. The van der Waals surface area contributed by atoms with Gasteiger partial charge in [0.25, 0.3) is 0 Å². The standard InChI is InChI=1S/C19H17NO2/c1-19(2)18-15(12-21-19)17(22-13-8-4-3-5-9-13)14-10-6-7-11-16(14)20-18/h3-11H,12H2,1-2H3. The van der Waals surface area contributed by atoms with Crippen molar-refractivity contribution in [3.05, 3.63) is 65.9 Å². The van der Waals surface area contributed by atoms with Crippen molar-refractivity contribution < 1.29 is 9.47 Å². The van der Waals surface area contributed by atoms with E-state index in [1.54, 1.807) is 0 Å². The van der Waals surface area contributed by atoms with Gasteiger partial charge in [0.15, 0.2) is 0 Å². The second-order valence-electron chi connectivity index (χ2n) is 6.00. The van der Waals surface area contributed by atoms with Crippen molar-refractivity contribution in [3.63, 3.8) is 0 Å². The Balaban J connectivity index is 1.96. The third-order valence-electron chi connectivity index (χ3n) is 4.05. The second kappa shape index (κ2) is 4.82. The maximum Gasteiger partial charge on any atom is 0.144 e. The summed E-state index contributed by atoms with van der Waals surface area (Å²) in [6.45, 7) is 4.63. The van der Waals surface area contributed by atoms with E-state index in [0.717, 1.165) is 33.7 Å². The molecule has 0 spiro atoms. The van der Waals surface area contributed by atoms with Crippen molar-refractivity contribution in [3.8, 4) is 11.5 Å². The van der Waals surface area contributed by atoms with Crippen LogP contribution in [-0.4, -0.2) is 4.98 Å². The van der Waals surface area contributed by atoms with Gasteiger partial charge in [-0.1, -0.05) is 30.3 Å². The van der Waals surface area contributed by atoms with Crippen LogP contribution < -0.4 is 4.74 Å². The Morgan fingerprint density at radius 3 is 2.55 bits per heavy atom. The molecule has 0 saturated heterocycles. The topological polar surface area (TPSA) is 31.4 Å². The van der Waals surface area contributed by atoms with E-state index < -0.39 is 0 Å². The molecule has 4 rings (SSSR count). The quantitative estimate of drug-likeness (QED) is 0.680. The zero-order chi connectivity index (χ0) is 15.2. The molecule has 0 fully saturated rings. The maximum atomic E-state index is 6.21. The van der Waals surface area contributed by atoms with E-state index in [4.69, 9.17) is 14.5 Å². The van der Waals surface area contributed by atoms with Crippen LogP contribution in [0.2, 0.25) is 0 Å². The van der Waals surface area contributed by atoms with E-state index in [0.29, 0.717) is 6.61 Å². The summed E-state index contributed by atoms with van der Waals surface area (Å²) in [6.07, 6.45) is 0. The molecule has 110 valence electrons. The molecule has 0 radical (unpaired) electrons. The molecule has 3 heteroatoms. The summed E-state index contributed by atoms with van der Waals surface area (Å²) in [7, 11) is 0. The molecule has 0 atom stereocenters. The minimum atomic E-state index is -0.381. The average Bonchev–Trinajstić information content (AvgIpc) is 2.84. The summed E-state index contributed by atoms with van der Waals surface area (Å²) in [5.41, 5.74) is 2.57. The lowest BCUT2D eigenvalue weighted by Crippen LogP contribution is -2.16. The van der Waals surface area contributed by atoms with Gasteiger partial charge in [-0.05, 0) is 38.1 Å². The highest BCUT2D eigenvalue weighted by molar-refractivity contribution is 5.87. The predicted molar refractivity (Wildman–Crippen MR) is 86.1 cm³/mol. The first-order valence-corrected chi connectivity index (χ1v) is 7.44. The SMILES string of the molecule is CC1(C)OCc2c1nc1ccccc1c2Oc1ccccc1. The molecule has 0 bridgehead atoms. The molecule has 22 heavy (non-hydrogen) atoms. The van der Waals surface area contributed by atoms with E-state index in [-0.39, 0.29) is 5.60 Å². The number of fused-ring (bicyclic) bond motifs is 2. The summed E-state index contributed by atoms with van der Waals surface area (Å²) in [6, 6.07) is 17.9. The number of aromatic nitrogens is 1. The van der Waals surface area contributed by atoms with Crippen LogP contribution in [0, 0.1) is 0 Å².